The average Bonchev–Trinajstić information content (AvgIpc) is 3.33. The first-order chi connectivity index (χ1) is 17.6. The van der Waals surface area contributed by atoms with Gasteiger partial charge >= 0.3 is 17.6 Å². The SMILES string of the molecule is CC(=O)OCC1=C(C(=O)O)N2C(=O)[C@H](NC(=O)c3ccc(COc4ccc(C)cc4[N+](=O)[O-])o3)[C@H]2SC1. The van der Waals surface area contributed by atoms with Gasteiger partial charge in [-0.05, 0) is 30.7 Å². The third kappa shape index (κ3) is 5.28. The fourth-order valence-electron chi connectivity index (χ4n) is 3.81. The maximum Gasteiger partial charge on any atom is 0.352 e. The van der Waals surface area contributed by atoms with Crippen LogP contribution in [0.15, 0.2) is 46.0 Å². The number of esters is 1. The van der Waals surface area contributed by atoms with Gasteiger partial charge in [-0.15, -0.1) is 11.8 Å². The minimum Gasteiger partial charge on any atom is -0.479 e. The Hall–Kier alpha value is -4.33. The van der Waals surface area contributed by atoms with Crippen molar-refractivity contribution in [1.82, 2.24) is 10.2 Å². The number of furan rings is 1. The Balaban J connectivity index is 1.39. The van der Waals surface area contributed by atoms with Crippen LogP contribution < -0.4 is 10.1 Å². The molecule has 1 aromatic carbocycles. The zero-order chi connectivity index (χ0) is 26.9. The van der Waals surface area contributed by atoms with Crippen molar-refractivity contribution in [3.8, 4) is 5.75 Å². The van der Waals surface area contributed by atoms with E-state index in [0.29, 0.717) is 5.56 Å². The van der Waals surface area contributed by atoms with E-state index in [4.69, 9.17) is 13.9 Å². The van der Waals surface area contributed by atoms with Crippen LogP contribution in [0.2, 0.25) is 0 Å². The number of nitrogens with one attached hydrogen (secondary N) is 1. The number of aliphatic carboxylic acids is 1. The Morgan fingerprint density at radius 2 is 2.03 bits per heavy atom. The molecular formula is C23H21N3O10S. The van der Waals surface area contributed by atoms with Crippen LogP contribution in [0, 0.1) is 17.0 Å². The lowest BCUT2D eigenvalue weighted by Gasteiger charge is -2.49. The molecule has 3 heterocycles. The topological polar surface area (TPSA) is 179 Å². The molecule has 0 saturated carbocycles. The molecule has 0 spiro atoms. The van der Waals surface area contributed by atoms with E-state index < -0.39 is 40.1 Å². The molecule has 194 valence electrons. The lowest BCUT2D eigenvalue weighted by molar-refractivity contribution is -0.386. The molecule has 1 fully saturated rings. The van der Waals surface area contributed by atoms with E-state index in [2.05, 4.69) is 5.32 Å². The first kappa shape index (κ1) is 25.8. The van der Waals surface area contributed by atoms with Gasteiger partial charge in [0.25, 0.3) is 11.8 Å². The number of nitro groups is 1. The number of aryl methyl sites for hydroxylation is 1. The van der Waals surface area contributed by atoms with E-state index in [1.165, 1.54) is 43.0 Å². The fourth-order valence-corrected chi connectivity index (χ4v) is 5.14. The quantitative estimate of drug-likeness (QED) is 0.209. The second kappa shape index (κ2) is 10.3. The van der Waals surface area contributed by atoms with E-state index in [1.807, 2.05) is 0 Å². The lowest BCUT2D eigenvalue weighted by atomic mass is 10.0. The number of nitro benzene ring substituents is 1. The van der Waals surface area contributed by atoms with Crippen LogP contribution in [0.25, 0.3) is 0 Å². The smallest absolute Gasteiger partial charge is 0.352 e. The number of fused-ring (bicyclic) bond motifs is 1. The van der Waals surface area contributed by atoms with E-state index in [-0.39, 0.29) is 53.2 Å². The van der Waals surface area contributed by atoms with Crippen LogP contribution in [0.3, 0.4) is 0 Å². The number of carboxylic acid groups (broad SMARTS) is 1. The Kier molecular flexibility index (Phi) is 7.20. The largest absolute Gasteiger partial charge is 0.479 e. The average molecular weight is 531 g/mol. The minimum atomic E-state index is -1.34. The highest BCUT2D eigenvalue weighted by molar-refractivity contribution is 8.00. The summed E-state index contributed by atoms with van der Waals surface area (Å²) in [6, 6.07) is 6.36. The molecule has 1 aromatic heterocycles. The van der Waals surface area contributed by atoms with Crippen molar-refractivity contribution in [2.24, 2.45) is 0 Å². The summed E-state index contributed by atoms with van der Waals surface area (Å²) in [6.45, 7) is 2.48. The number of benzene rings is 1. The van der Waals surface area contributed by atoms with E-state index in [9.17, 15) is 34.4 Å². The summed E-state index contributed by atoms with van der Waals surface area (Å²) in [4.78, 5) is 60.0. The number of hydrogen-bond acceptors (Lipinski definition) is 10. The Morgan fingerprint density at radius 1 is 1.27 bits per heavy atom. The monoisotopic (exact) mass is 531 g/mol. The third-order valence-corrected chi connectivity index (χ3v) is 6.89. The van der Waals surface area contributed by atoms with Gasteiger partial charge in [0.1, 0.15) is 36.1 Å². The van der Waals surface area contributed by atoms with Crippen molar-refractivity contribution in [1.29, 1.82) is 0 Å². The van der Waals surface area contributed by atoms with Gasteiger partial charge in [-0.2, -0.15) is 0 Å². The predicted molar refractivity (Wildman–Crippen MR) is 127 cm³/mol. The van der Waals surface area contributed by atoms with Crippen molar-refractivity contribution in [2.75, 3.05) is 12.4 Å². The van der Waals surface area contributed by atoms with Gasteiger partial charge in [0, 0.05) is 24.3 Å². The molecule has 2 atom stereocenters. The summed E-state index contributed by atoms with van der Waals surface area (Å²) in [5.74, 6) is -2.89. The van der Waals surface area contributed by atoms with Crippen molar-refractivity contribution >= 4 is 41.2 Å². The van der Waals surface area contributed by atoms with E-state index in [0.717, 1.165) is 4.90 Å². The molecule has 2 N–H and O–H groups in total. The number of nitrogens with zero attached hydrogens (tertiary/aromatic N) is 2. The molecule has 0 bridgehead atoms. The number of β-lactam (4-membered cyclic amide) rings is 1. The van der Waals surface area contributed by atoms with E-state index in [1.54, 1.807) is 13.0 Å². The minimum absolute atomic E-state index is 0.0443. The van der Waals surface area contributed by atoms with Crippen molar-refractivity contribution in [3.05, 3.63) is 68.8 Å². The highest BCUT2D eigenvalue weighted by Crippen LogP contribution is 2.40. The first-order valence-electron chi connectivity index (χ1n) is 10.9. The van der Waals surface area contributed by atoms with Crippen molar-refractivity contribution in [3.63, 3.8) is 0 Å². The maximum atomic E-state index is 12.7. The van der Waals surface area contributed by atoms with Gasteiger partial charge in [-0.25, -0.2) is 4.79 Å². The number of carbonyl (C=O) groups excluding carboxylic acids is 3. The summed E-state index contributed by atoms with van der Waals surface area (Å²) in [5.41, 5.74) is 0.519. The molecule has 37 heavy (non-hydrogen) atoms. The van der Waals surface area contributed by atoms with Crippen LogP contribution in [-0.2, 0) is 25.7 Å². The van der Waals surface area contributed by atoms with Crippen LogP contribution in [0.1, 0.15) is 28.8 Å². The number of carbonyl (C=O) groups is 4. The third-order valence-electron chi connectivity index (χ3n) is 5.55. The number of hydrogen-bond donors (Lipinski definition) is 2. The molecule has 0 radical (unpaired) electrons. The van der Waals surface area contributed by atoms with Crippen molar-refractivity contribution in [2.45, 2.75) is 31.9 Å². The van der Waals surface area contributed by atoms with Crippen LogP contribution in [-0.4, -0.2) is 62.5 Å². The predicted octanol–water partition coefficient (Wildman–Crippen LogP) is 1.99. The maximum absolute atomic E-state index is 12.7. The lowest BCUT2D eigenvalue weighted by Crippen LogP contribution is -2.70. The number of rotatable bonds is 9. The van der Waals surface area contributed by atoms with Gasteiger partial charge in [0.15, 0.2) is 11.5 Å². The molecular weight excluding hydrogens is 510 g/mol. The normalized spacial score (nSPS) is 18.5. The Labute approximate surface area is 213 Å². The molecule has 2 aromatic rings. The second-order valence-corrected chi connectivity index (χ2v) is 9.29. The summed E-state index contributed by atoms with van der Waals surface area (Å²) in [7, 11) is 0. The highest BCUT2D eigenvalue weighted by Gasteiger charge is 2.54. The molecule has 1 saturated heterocycles. The Bertz CT molecular complexity index is 1330. The zero-order valence-electron chi connectivity index (χ0n) is 19.6. The van der Waals surface area contributed by atoms with Gasteiger partial charge < -0.3 is 24.3 Å². The summed E-state index contributed by atoms with van der Waals surface area (Å²) in [6.07, 6.45) is 0. The van der Waals surface area contributed by atoms with Crippen LogP contribution >= 0.6 is 11.8 Å². The highest BCUT2D eigenvalue weighted by atomic mass is 32.2. The molecule has 2 amide bonds. The van der Waals surface area contributed by atoms with Crippen LogP contribution in [0.5, 0.6) is 5.75 Å². The van der Waals surface area contributed by atoms with Gasteiger partial charge in [0.2, 0.25) is 0 Å². The summed E-state index contributed by atoms with van der Waals surface area (Å²) < 4.78 is 15.9. The number of carboxylic acids is 1. The van der Waals surface area contributed by atoms with Gasteiger partial charge in [0.05, 0.1) is 4.92 Å². The number of amides is 2. The molecule has 0 unspecified atom stereocenters. The molecule has 4 rings (SSSR count). The molecule has 2 aliphatic rings. The summed E-state index contributed by atoms with van der Waals surface area (Å²) >= 11 is 1.23. The molecule has 0 aliphatic carbocycles. The first-order valence-corrected chi connectivity index (χ1v) is 11.9. The second-order valence-electron chi connectivity index (χ2n) is 8.18. The zero-order valence-corrected chi connectivity index (χ0v) is 20.4. The molecule has 14 heteroatoms. The van der Waals surface area contributed by atoms with Gasteiger partial charge in [-0.3, -0.25) is 29.4 Å². The number of ether oxygens (including phenoxy) is 2. The molecule has 2 aliphatic heterocycles. The fraction of sp³-hybridized carbons (Fsp3) is 0.304. The summed E-state index contributed by atoms with van der Waals surface area (Å²) in [5, 5.41) is 22.7. The van der Waals surface area contributed by atoms with E-state index >= 15 is 0 Å². The standard InChI is InChI=1S/C23H21N3O10S/c1-11-3-5-16(15(7-11)26(32)33)35-9-14-4-6-17(36-14)20(28)24-18-21(29)25-19(23(30)31)13(8-34-12(2)27)10-37-22(18)25/h3-7,18,22H,8-10H2,1-2H3,(H,24,28)(H,30,31)/t18-,22+/m0/s1. The van der Waals surface area contributed by atoms with Crippen molar-refractivity contribution < 1.29 is 43.1 Å². The van der Waals surface area contributed by atoms with Crippen LogP contribution in [0.4, 0.5) is 5.69 Å². The number of thioether (sulfide) groups is 1. The van der Waals surface area contributed by atoms with Gasteiger partial charge in [-0.1, -0.05) is 6.07 Å². The molecule has 13 nitrogen and oxygen atoms in total. The Morgan fingerprint density at radius 3 is 2.70 bits per heavy atom.